The fourth-order valence-electron chi connectivity index (χ4n) is 8.38. The smallest absolute Gasteiger partial charge is 0.410 e. The highest BCUT2D eigenvalue weighted by Crippen LogP contribution is 2.60. The molecule has 3 aromatic carbocycles. The Hall–Kier alpha value is -4.96. The molecule has 2 bridgehead atoms. The summed E-state index contributed by atoms with van der Waals surface area (Å²) < 4.78 is 74.2. The van der Waals surface area contributed by atoms with E-state index in [0.29, 0.717) is 28.2 Å². The molecule has 2 N–H and O–H groups in total. The fraction of sp³-hybridized carbons (Fsp3) is 0.455. The van der Waals surface area contributed by atoms with Crippen LogP contribution >= 0.6 is 8.53 Å². The van der Waals surface area contributed by atoms with Crippen LogP contribution in [0.5, 0.6) is 11.5 Å². The van der Waals surface area contributed by atoms with E-state index in [0.717, 1.165) is 4.57 Å². The molecule has 0 radical (unpaired) electrons. The molecule has 2 aliphatic rings. The second-order valence-corrected chi connectivity index (χ2v) is 19.5. The quantitative estimate of drug-likeness (QED) is 0.0554. The zero-order chi connectivity index (χ0) is 45.9. The number of ether oxygens (including phenoxy) is 4. The molecular formula is C44H55N6O11PS. The summed E-state index contributed by atoms with van der Waals surface area (Å²) in [6.45, 7) is 12.2. The largest absolute Gasteiger partial charge is 0.497 e. The molecule has 2 aliphatic heterocycles. The van der Waals surface area contributed by atoms with Crippen molar-refractivity contribution in [2.75, 3.05) is 32.8 Å². The number of methoxy groups -OCH3 is 2. The molecule has 0 saturated carbocycles. The molecule has 2 fully saturated rings. The Morgan fingerprint density at radius 3 is 2.02 bits per heavy atom. The molecule has 19 heteroatoms. The minimum Gasteiger partial charge on any atom is -0.497 e. The van der Waals surface area contributed by atoms with Crippen molar-refractivity contribution in [1.82, 2.24) is 18.5 Å². The maximum absolute atomic E-state index is 15.5. The highest BCUT2D eigenvalue weighted by molar-refractivity contribution is 7.90. The third-order valence-electron chi connectivity index (χ3n) is 11.0. The van der Waals surface area contributed by atoms with Crippen LogP contribution in [-0.2, 0) is 34.1 Å². The minimum atomic E-state index is -4.57. The van der Waals surface area contributed by atoms with Gasteiger partial charge in [0.05, 0.1) is 39.9 Å². The van der Waals surface area contributed by atoms with E-state index in [1.807, 2.05) is 87.0 Å². The van der Waals surface area contributed by atoms with E-state index in [-0.39, 0.29) is 36.5 Å². The summed E-state index contributed by atoms with van der Waals surface area (Å²) in [7, 11) is -3.55. The lowest BCUT2D eigenvalue weighted by molar-refractivity contribution is -0.122. The SMILES string of the molecule is COc1ccc(C(OC[C@@]23O[C@@H](n4cc(C)c(NC(=O)O)nc4=O)[C@@H]([C@@H]2OP(OCCC#N)N(C(C)C)C(C)C)N(C(C)C)S3(=O)=O)(c2ccccc2)c2ccc(OC)cc2)cc1. The van der Waals surface area contributed by atoms with Crippen molar-refractivity contribution >= 4 is 30.5 Å². The number of anilines is 1. The van der Waals surface area contributed by atoms with E-state index < -0.39 is 71.9 Å². The highest BCUT2D eigenvalue weighted by atomic mass is 32.2. The molecule has 17 nitrogen and oxygen atoms in total. The molecule has 3 heterocycles. The maximum Gasteiger partial charge on any atom is 0.410 e. The average molecular weight is 907 g/mol. The Morgan fingerprint density at radius 2 is 1.52 bits per heavy atom. The van der Waals surface area contributed by atoms with Gasteiger partial charge in [0.15, 0.2) is 6.23 Å². The number of amides is 1. The second-order valence-electron chi connectivity index (χ2n) is 16.0. The molecule has 0 spiro atoms. The van der Waals surface area contributed by atoms with Gasteiger partial charge in [-0.05, 0) is 89.4 Å². The van der Waals surface area contributed by atoms with Crippen molar-refractivity contribution in [3.8, 4) is 17.6 Å². The number of hydrogen-bond acceptors (Lipinski definition) is 13. The monoisotopic (exact) mass is 906 g/mol. The van der Waals surface area contributed by atoms with Crippen molar-refractivity contribution in [2.45, 2.75) is 102 Å². The van der Waals surface area contributed by atoms with E-state index in [2.05, 4.69) is 16.4 Å². The fourth-order valence-corrected chi connectivity index (χ4v) is 12.6. The van der Waals surface area contributed by atoms with Crippen molar-refractivity contribution < 1.29 is 46.3 Å². The van der Waals surface area contributed by atoms with Gasteiger partial charge in [-0.2, -0.15) is 14.6 Å². The molecule has 1 amide bonds. The van der Waals surface area contributed by atoms with E-state index in [1.54, 1.807) is 59.3 Å². The van der Waals surface area contributed by atoms with Crippen LogP contribution in [0.1, 0.15) is 76.4 Å². The van der Waals surface area contributed by atoms with Crippen molar-refractivity contribution in [3.05, 3.63) is 118 Å². The van der Waals surface area contributed by atoms with Crippen LogP contribution in [0.2, 0.25) is 0 Å². The first-order valence-electron chi connectivity index (χ1n) is 20.5. The Morgan fingerprint density at radius 1 is 0.968 bits per heavy atom. The normalized spacial score (nSPS) is 21.2. The first kappa shape index (κ1) is 47.5. The summed E-state index contributed by atoms with van der Waals surface area (Å²) in [6, 6.07) is 23.8. The Kier molecular flexibility index (Phi) is 14.6. The van der Waals surface area contributed by atoms with Gasteiger partial charge in [-0.15, -0.1) is 0 Å². The van der Waals surface area contributed by atoms with Crippen LogP contribution in [-0.4, -0.2) is 101 Å². The molecule has 338 valence electrons. The molecule has 6 rings (SSSR count). The van der Waals surface area contributed by atoms with Crippen molar-refractivity contribution in [2.24, 2.45) is 0 Å². The van der Waals surface area contributed by atoms with Gasteiger partial charge in [0, 0.05) is 29.9 Å². The lowest BCUT2D eigenvalue weighted by atomic mass is 9.80. The van der Waals surface area contributed by atoms with Crippen molar-refractivity contribution in [3.63, 3.8) is 0 Å². The lowest BCUT2D eigenvalue weighted by Crippen LogP contribution is -2.56. The number of carbonyl (C=O) groups is 1. The number of benzene rings is 3. The van der Waals surface area contributed by atoms with Gasteiger partial charge in [0.2, 0.25) is 15.0 Å². The number of nitrogens with one attached hydrogen (secondary N) is 1. The summed E-state index contributed by atoms with van der Waals surface area (Å²) in [5.41, 5.74) is -0.220. The number of hydrogen-bond donors (Lipinski definition) is 2. The highest BCUT2D eigenvalue weighted by Gasteiger charge is 2.76. The van der Waals surface area contributed by atoms with Crippen LogP contribution in [0, 0.1) is 18.3 Å². The number of nitrogens with zero attached hydrogens (tertiary/aromatic N) is 5. The molecule has 63 heavy (non-hydrogen) atoms. The zero-order valence-corrected chi connectivity index (χ0v) is 38.5. The summed E-state index contributed by atoms with van der Waals surface area (Å²) in [6.07, 6.45) is -2.72. The first-order chi connectivity index (χ1) is 30.0. The number of aryl methyl sites for hydroxylation is 1. The van der Waals surface area contributed by atoms with Crippen LogP contribution in [0.15, 0.2) is 89.9 Å². The average Bonchev–Trinajstić information content (AvgIpc) is 3.65. The van der Waals surface area contributed by atoms with E-state index in [4.69, 9.17) is 28.0 Å². The second kappa shape index (κ2) is 19.4. The van der Waals surface area contributed by atoms with Gasteiger partial charge in [-0.1, -0.05) is 54.6 Å². The van der Waals surface area contributed by atoms with E-state index in [1.165, 1.54) is 10.5 Å². The summed E-state index contributed by atoms with van der Waals surface area (Å²) in [4.78, 5) is 27.2. The number of aromatic nitrogens is 2. The molecule has 2 saturated heterocycles. The number of sulfonamides is 1. The molecule has 1 aromatic heterocycles. The van der Waals surface area contributed by atoms with Gasteiger partial charge >= 0.3 is 11.8 Å². The molecular weight excluding hydrogens is 852 g/mol. The lowest BCUT2D eigenvalue weighted by Gasteiger charge is -2.42. The standard InChI is InChI=1S/C44H55N6O11PS/c1-28(2)49(29(3)4)62(59-25-13-24-45)61-38-37-40(48-26-31(7)39(46-41(48)51)47-42(52)53)60-43(38,63(54,55)50(37)30(5)6)27-58-44(32-14-11-10-12-15-32,33-16-20-35(56-8)21-17-33)34-18-22-36(57-9)23-19-34/h10-12,14-23,26,28-30,37-38,40H,13,25,27H2,1-9H3,(H,52,53)(H,46,47,51)/t37-,38+,40-,43+,62?/m1/s1. The number of fused-ring (bicyclic) bond motifs is 2. The van der Waals surface area contributed by atoms with E-state index in [9.17, 15) is 20.0 Å². The van der Waals surface area contributed by atoms with E-state index >= 15 is 8.42 Å². The zero-order valence-electron chi connectivity index (χ0n) is 36.8. The van der Waals surface area contributed by atoms with Gasteiger partial charge in [0.1, 0.15) is 35.1 Å². The Bertz CT molecular complexity index is 2380. The Labute approximate surface area is 369 Å². The molecule has 0 aliphatic carbocycles. The Balaban J connectivity index is 1.62. The number of nitriles is 1. The molecule has 4 aromatic rings. The van der Waals surface area contributed by atoms with Gasteiger partial charge in [-0.25, -0.2) is 22.7 Å². The summed E-state index contributed by atoms with van der Waals surface area (Å²) in [5, 5.41) is 21.1. The van der Waals surface area contributed by atoms with Gasteiger partial charge in [0.25, 0.3) is 8.53 Å². The van der Waals surface area contributed by atoms with Gasteiger partial charge in [-0.3, -0.25) is 9.88 Å². The third kappa shape index (κ3) is 8.94. The molecule has 5 atom stereocenters. The predicted molar refractivity (Wildman–Crippen MR) is 236 cm³/mol. The predicted octanol–water partition coefficient (Wildman–Crippen LogP) is 6.98. The number of carboxylic acid groups (broad SMARTS) is 1. The summed E-state index contributed by atoms with van der Waals surface area (Å²) >= 11 is 0. The minimum absolute atomic E-state index is 0.00334. The molecule has 1 unspecified atom stereocenters. The van der Waals surface area contributed by atoms with Crippen LogP contribution in [0.4, 0.5) is 10.6 Å². The van der Waals surface area contributed by atoms with Crippen LogP contribution in [0.3, 0.4) is 0 Å². The topological polar surface area (TPSA) is 204 Å². The van der Waals surface area contributed by atoms with Gasteiger partial charge < -0.3 is 33.1 Å². The van der Waals surface area contributed by atoms with Crippen molar-refractivity contribution in [1.29, 1.82) is 5.26 Å². The first-order valence-corrected chi connectivity index (χ1v) is 23.1. The summed E-state index contributed by atoms with van der Waals surface area (Å²) in [5.74, 6) is 0.986. The third-order valence-corrected chi connectivity index (χ3v) is 15.7. The maximum atomic E-state index is 15.5. The van der Waals surface area contributed by atoms with Crippen LogP contribution in [0.25, 0.3) is 0 Å². The van der Waals surface area contributed by atoms with Crippen LogP contribution < -0.4 is 20.5 Å². The number of rotatable bonds is 19.